The van der Waals surface area contributed by atoms with Gasteiger partial charge in [-0.1, -0.05) is 0 Å². The summed E-state index contributed by atoms with van der Waals surface area (Å²) in [6.07, 6.45) is 0. The predicted molar refractivity (Wildman–Crippen MR) is 76.0 cm³/mol. The first-order valence-corrected chi connectivity index (χ1v) is 7.95. The number of nitrogens with zero attached hydrogens (tertiary/aromatic N) is 1. The van der Waals surface area contributed by atoms with Gasteiger partial charge in [0.2, 0.25) is 15.9 Å². The first-order chi connectivity index (χ1) is 10.6. The predicted octanol–water partition coefficient (Wildman–Crippen LogP) is 0.565. The molecule has 0 spiro atoms. The number of halogens is 2. The van der Waals surface area contributed by atoms with Gasteiger partial charge < -0.3 is 10.4 Å². The quantitative estimate of drug-likeness (QED) is 0.748. The van der Waals surface area contributed by atoms with Gasteiger partial charge in [-0.15, -0.1) is 0 Å². The zero-order valence-corrected chi connectivity index (χ0v) is 13.2. The number of carbonyl (C=O) groups is 2. The highest BCUT2D eigenvalue weighted by atomic mass is 32.2. The van der Waals surface area contributed by atoms with E-state index in [-0.39, 0.29) is 13.1 Å². The molecule has 1 aromatic rings. The van der Waals surface area contributed by atoms with E-state index < -0.39 is 44.5 Å². The lowest BCUT2D eigenvalue weighted by molar-refractivity contribution is -0.140. The highest BCUT2D eigenvalue weighted by molar-refractivity contribution is 7.89. The van der Waals surface area contributed by atoms with Gasteiger partial charge in [0.15, 0.2) is 0 Å². The Balaban J connectivity index is 3.21. The average molecular weight is 350 g/mol. The minimum absolute atomic E-state index is 0.158. The SMILES string of the molecule is CC(=O)NCCN(C(C)C(=O)O)S(=O)(=O)c1ccc(F)cc1F. The van der Waals surface area contributed by atoms with Crippen molar-refractivity contribution in [1.29, 1.82) is 0 Å². The van der Waals surface area contributed by atoms with E-state index in [0.29, 0.717) is 10.4 Å². The maximum Gasteiger partial charge on any atom is 0.321 e. The highest BCUT2D eigenvalue weighted by Crippen LogP contribution is 2.22. The van der Waals surface area contributed by atoms with Gasteiger partial charge in [-0.2, -0.15) is 4.31 Å². The van der Waals surface area contributed by atoms with Crippen LogP contribution in [0.1, 0.15) is 13.8 Å². The summed E-state index contributed by atoms with van der Waals surface area (Å²) < 4.78 is 52.2. The first-order valence-electron chi connectivity index (χ1n) is 6.51. The van der Waals surface area contributed by atoms with Crippen LogP contribution in [0.2, 0.25) is 0 Å². The Morgan fingerprint density at radius 1 is 1.35 bits per heavy atom. The van der Waals surface area contributed by atoms with E-state index in [1.54, 1.807) is 0 Å². The maximum atomic E-state index is 13.8. The number of nitrogens with one attached hydrogen (secondary N) is 1. The van der Waals surface area contributed by atoms with Gasteiger partial charge in [0.05, 0.1) is 0 Å². The van der Waals surface area contributed by atoms with Crippen molar-refractivity contribution < 1.29 is 31.9 Å². The molecule has 0 aliphatic heterocycles. The average Bonchev–Trinajstić information content (AvgIpc) is 2.41. The topological polar surface area (TPSA) is 104 Å². The van der Waals surface area contributed by atoms with Crippen molar-refractivity contribution in [3.8, 4) is 0 Å². The molecule has 1 aromatic carbocycles. The minimum atomic E-state index is -4.53. The second-order valence-electron chi connectivity index (χ2n) is 4.69. The fourth-order valence-electron chi connectivity index (χ4n) is 1.80. The van der Waals surface area contributed by atoms with Crippen molar-refractivity contribution >= 4 is 21.9 Å². The van der Waals surface area contributed by atoms with Crippen LogP contribution in [0, 0.1) is 11.6 Å². The molecule has 0 saturated carbocycles. The molecule has 23 heavy (non-hydrogen) atoms. The Bertz CT molecular complexity index is 708. The molecule has 0 radical (unpaired) electrons. The molecule has 0 aromatic heterocycles. The number of aliphatic carboxylic acids is 1. The maximum absolute atomic E-state index is 13.8. The molecule has 0 bridgehead atoms. The number of carbonyl (C=O) groups excluding carboxylic acids is 1. The largest absolute Gasteiger partial charge is 0.480 e. The molecule has 1 atom stereocenters. The van der Waals surface area contributed by atoms with Gasteiger partial charge in [0.1, 0.15) is 22.6 Å². The summed E-state index contributed by atoms with van der Waals surface area (Å²) in [5.41, 5.74) is 0. The second-order valence-corrected chi connectivity index (χ2v) is 6.55. The third-order valence-electron chi connectivity index (χ3n) is 2.98. The molecule has 2 N–H and O–H groups in total. The van der Waals surface area contributed by atoms with Crippen LogP contribution in [0.4, 0.5) is 8.78 Å². The smallest absolute Gasteiger partial charge is 0.321 e. The molecule has 0 fully saturated rings. The van der Waals surface area contributed by atoms with Gasteiger partial charge in [0.25, 0.3) is 0 Å². The molecule has 0 aliphatic rings. The number of benzene rings is 1. The van der Waals surface area contributed by atoms with Crippen LogP contribution in [-0.4, -0.2) is 48.8 Å². The summed E-state index contributed by atoms with van der Waals surface area (Å²) in [6, 6.07) is 0.371. The minimum Gasteiger partial charge on any atom is -0.480 e. The summed E-state index contributed by atoms with van der Waals surface area (Å²) in [6.45, 7) is 1.77. The van der Waals surface area contributed by atoms with Gasteiger partial charge in [0, 0.05) is 26.1 Å². The highest BCUT2D eigenvalue weighted by Gasteiger charge is 2.34. The Morgan fingerprint density at radius 2 is 1.96 bits per heavy atom. The molecule has 1 unspecified atom stereocenters. The van der Waals surface area contributed by atoms with Gasteiger partial charge >= 0.3 is 5.97 Å². The first kappa shape index (κ1) is 19.0. The van der Waals surface area contributed by atoms with Crippen molar-refractivity contribution in [2.24, 2.45) is 0 Å². The Kier molecular flexibility index (Phi) is 6.16. The summed E-state index contributed by atoms with van der Waals surface area (Å²) in [5, 5.41) is 11.4. The van der Waals surface area contributed by atoms with E-state index in [2.05, 4.69) is 5.32 Å². The molecule has 1 rings (SSSR count). The standard InChI is InChI=1S/C13H16F2N2O5S/c1-8(13(19)20)17(6-5-16-9(2)18)23(21,22)12-4-3-10(14)7-11(12)15/h3-4,7-8H,5-6H2,1-2H3,(H,16,18)(H,19,20). The van der Waals surface area contributed by atoms with Gasteiger partial charge in [-0.25, -0.2) is 17.2 Å². The molecule has 128 valence electrons. The summed E-state index contributed by atoms with van der Waals surface area (Å²) in [4.78, 5) is 21.1. The van der Waals surface area contributed by atoms with Crippen LogP contribution in [0.3, 0.4) is 0 Å². The summed E-state index contributed by atoms with van der Waals surface area (Å²) in [7, 11) is -4.53. The van der Waals surface area contributed by atoms with Crippen molar-refractivity contribution in [1.82, 2.24) is 9.62 Å². The fraction of sp³-hybridized carbons (Fsp3) is 0.385. The van der Waals surface area contributed by atoms with E-state index in [0.717, 1.165) is 19.1 Å². The number of amides is 1. The van der Waals surface area contributed by atoms with E-state index >= 15 is 0 Å². The van der Waals surface area contributed by atoms with Crippen molar-refractivity contribution in [2.45, 2.75) is 24.8 Å². The monoisotopic (exact) mass is 350 g/mol. The van der Waals surface area contributed by atoms with E-state index in [4.69, 9.17) is 5.11 Å². The van der Waals surface area contributed by atoms with E-state index in [1.807, 2.05) is 0 Å². The zero-order chi connectivity index (χ0) is 17.8. The van der Waals surface area contributed by atoms with Crippen LogP contribution < -0.4 is 5.32 Å². The lowest BCUT2D eigenvalue weighted by Crippen LogP contribution is -2.46. The number of sulfonamides is 1. The lowest BCUT2D eigenvalue weighted by atomic mass is 10.3. The van der Waals surface area contributed by atoms with Crippen molar-refractivity contribution in [3.63, 3.8) is 0 Å². The molecular weight excluding hydrogens is 334 g/mol. The number of hydrogen-bond acceptors (Lipinski definition) is 4. The lowest BCUT2D eigenvalue weighted by Gasteiger charge is -2.26. The molecule has 0 heterocycles. The Morgan fingerprint density at radius 3 is 2.43 bits per heavy atom. The molecule has 0 saturated heterocycles. The Hall–Kier alpha value is -2.07. The second kappa shape index (κ2) is 7.47. The molecule has 7 nitrogen and oxygen atoms in total. The molecular formula is C13H16F2N2O5S. The third-order valence-corrected chi connectivity index (χ3v) is 4.98. The fourth-order valence-corrected chi connectivity index (χ4v) is 3.43. The van der Waals surface area contributed by atoms with E-state index in [9.17, 15) is 26.8 Å². The number of carboxylic acids is 1. The van der Waals surface area contributed by atoms with Crippen LogP contribution in [0.25, 0.3) is 0 Å². The van der Waals surface area contributed by atoms with E-state index in [1.165, 1.54) is 6.92 Å². The van der Waals surface area contributed by atoms with Gasteiger partial charge in [-0.05, 0) is 19.1 Å². The number of hydrogen-bond donors (Lipinski definition) is 2. The number of rotatable bonds is 7. The van der Waals surface area contributed by atoms with Crippen molar-refractivity contribution in [3.05, 3.63) is 29.8 Å². The molecule has 10 heteroatoms. The summed E-state index contributed by atoms with van der Waals surface area (Å²) >= 11 is 0. The van der Waals surface area contributed by atoms with Gasteiger partial charge in [-0.3, -0.25) is 9.59 Å². The normalized spacial score (nSPS) is 12.9. The summed E-state index contributed by atoms with van der Waals surface area (Å²) in [5.74, 6) is -4.16. The third kappa shape index (κ3) is 4.70. The molecule has 1 amide bonds. The molecule has 0 aliphatic carbocycles. The van der Waals surface area contributed by atoms with Crippen LogP contribution >= 0.6 is 0 Å². The van der Waals surface area contributed by atoms with Crippen molar-refractivity contribution in [2.75, 3.05) is 13.1 Å². The van der Waals surface area contributed by atoms with Crippen LogP contribution in [0.15, 0.2) is 23.1 Å². The Labute approximate surface area is 132 Å². The zero-order valence-electron chi connectivity index (χ0n) is 12.4. The number of carboxylic acid groups (broad SMARTS) is 1. The van der Waals surface area contributed by atoms with Crippen LogP contribution in [0.5, 0.6) is 0 Å². The van der Waals surface area contributed by atoms with Crippen LogP contribution in [-0.2, 0) is 19.6 Å².